The average Bonchev–Trinajstić information content (AvgIpc) is 4.06. The molecule has 5 saturated heterocycles. The quantitative estimate of drug-likeness (QED) is 0.0894. The Balaban J connectivity index is 0.635. The van der Waals surface area contributed by atoms with Gasteiger partial charge in [0, 0.05) is 92.1 Å². The largest absolute Gasteiger partial charge is 0.508 e. The number of halogens is 2. The summed E-state index contributed by atoms with van der Waals surface area (Å²) >= 11 is 0. The van der Waals surface area contributed by atoms with Gasteiger partial charge >= 0.3 is 6.01 Å². The zero-order chi connectivity index (χ0) is 52.0. The van der Waals surface area contributed by atoms with E-state index in [-0.39, 0.29) is 68.0 Å². The lowest BCUT2D eigenvalue weighted by atomic mass is 9.65. The number of carbonyl (C=O) groups is 3. The number of nitrogens with one attached hydrogen (secondary N) is 2. The van der Waals surface area contributed by atoms with E-state index in [0.29, 0.717) is 73.0 Å². The zero-order valence-corrected chi connectivity index (χ0v) is 43.1. The number of aryl methyl sites for hydroxylation is 1. The number of hydrogen-bond acceptors (Lipinski definition) is 12. The molecule has 7 aliphatic rings. The van der Waals surface area contributed by atoms with Crippen LogP contribution in [-0.2, 0) is 21.4 Å². The van der Waals surface area contributed by atoms with Crippen molar-refractivity contribution in [3.63, 3.8) is 0 Å². The number of phenols is 1. The molecule has 3 aromatic heterocycles. The normalized spacial score (nSPS) is 23.9. The Hall–Kier alpha value is -6.77. The SMILES string of the molecule is C#Cc1c(F)ccc2cc(O)cc(-c3ncc4c(N5CC6CCC(C5)N6)nc(OCC5(CN6CCC7(CCC(C(=O)N8CCC(c9ccc%10c(C%11CCC(=O)NC%11=O)nn(C)c%10c9)CC8)CC7)CC6)CC5)nc4c3F)c12. The third-order valence-electron chi connectivity index (χ3n) is 18.7. The van der Waals surface area contributed by atoms with Crippen molar-refractivity contribution in [3.8, 4) is 35.4 Å². The average molecular weight is 1030 g/mol. The Kier molecular flexibility index (Phi) is 12.2. The van der Waals surface area contributed by atoms with Gasteiger partial charge in [-0.1, -0.05) is 24.1 Å². The molecule has 5 aliphatic heterocycles. The molecular formula is C59H64F2N10O5. The van der Waals surface area contributed by atoms with E-state index in [1.807, 2.05) is 11.7 Å². The van der Waals surface area contributed by atoms with Crippen LogP contribution in [0.5, 0.6) is 11.8 Å². The Morgan fingerprint density at radius 2 is 1.66 bits per heavy atom. The summed E-state index contributed by atoms with van der Waals surface area (Å²) in [5.74, 6) is 1.31. The van der Waals surface area contributed by atoms with Crippen molar-refractivity contribution < 1.29 is 33.0 Å². The summed E-state index contributed by atoms with van der Waals surface area (Å²) < 4.78 is 40.7. The number of ether oxygens (including phenoxy) is 1. The van der Waals surface area contributed by atoms with E-state index in [1.54, 1.807) is 6.20 Å². The molecule has 3 N–H and O–H groups in total. The molecule has 6 aromatic rings. The maximum absolute atomic E-state index is 17.2. The standard InChI is InChI=1S/C59H64F2N10O5/c1-3-41-46(60)10-5-37-26-40(72)28-44(49(37)41)52-50(61)53-45(29-62-52)54(71-30-38-6-7-39(31-71)63-38)66-57(65-53)76-33-59(18-19-59)32-69-24-20-58(21-25-69)16-12-35(13-17-58)56(75)70-22-14-34(15-23-70)36-4-8-42-47(27-36)68(2)67-51(42)43-9-11-48(73)64-55(43)74/h1,4-5,8,10,26-29,34-35,38-39,43,63,72H,6-7,9,11-25,30-33H2,2H3,(H,64,73,74). The number of fused-ring (bicyclic) bond motifs is 5. The number of piperazine rings is 1. The Labute approximate surface area is 440 Å². The number of nitrogens with zero attached hydrogens (tertiary/aromatic N) is 8. The topological polar surface area (TPSA) is 171 Å². The summed E-state index contributed by atoms with van der Waals surface area (Å²) in [6.45, 7) is 6.25. The number of rotatable bonds is 10. The number of imide groups is 1. The van der Waals surface area contributed by atoms with E-state index in [1.165, 1.54) is 29.8 Å². The molecule has 15 nitrogen and oxygen atoms in total. The first-order valence-electron chi connectivity index (χ1n) is 27.6. The lowest BCUT2D eigenvalue weighted by molar-refractivity contribution is -0.139. The Morgan fingerprint density at radius 1 is 0.895 bits per heavy atom. The Bertz CT molecular complexity index is 3370. The fraction of sp³-hybridized carbons (Fsp3) is 0.508. The molecular weight excluding hydrogens is 967 g/mol. The number of benzene rings is 3. The number of likely N-dealkylation sites (tertiary alicyclic amines) is 2. The number of aromatic nitrogens is 5. The highest BCUT2D eigenvalue weighted by molar-refractivity contribution is 6.04. The van der Waals surface area contributed by atoms with Gasteiger partial charge in [-0.25, -0.2) is 8.78 Å². The van der Waals surface area contributed by atoms with Crippen LogP contribution >= 0.6 is 0 Å². The summed E-state index contributed by atoms with van der Waals surface area (Å²) in [7, 11) is 1.91. The minimum absolute atomic E-state index is 0.0383. The minimum Gasteiger partial charge on any atom is -0.508 e. The first kappa shape index (κ1) is 48.8. The summed E-state index contributed by atoms with van der Waals surface area (Å²) in [4.78, 5) is 59.6. The molecule has 17 heteroatoms. The summed E-state index contributed by atoms with van der Waals surface area (Å²) in [5.41, 5.74) is 3.23. The van der Waals surface area contributed by atoms with E-state index in [9.17, 15) is 19.5 Å². The predicted molar refractivity (Wildman–Crippen MR) is 284 cm³/mol. The van der Waals surface area contributed by atoms with Crippen LogP contribution in [0.4, 0.5) is 14.6 Å². The molecule has 394 valence electrons. The molecule has 3 atom stereocenters. The highest BCUT2D eigenvalue weighted by atomic mass is 19.1. The second kappa shape index (κ2) is 19.1. The van der Waals surface area contributed by atoms with Crippen molar-refractivity contribution in [3.05, 3.63) is 77.1 Å². The number of carbonyl (C=O) groups excluding carboxylic acids is 3. The van der Waals surface area contributed by atoms with E-state index in [2.05, 4.69) is 54.4 Å². The summed E-state index contributed by atoms with van der Waals surface area (Å²) in [6, 6.07) is 12.7. The number of pyridine rings is 1. The number of aromatic hydroxyl groups is 1. The van der Waals surface area contributed by atoms with Crippen LogP contribution in [0.25, 0.3) is 43.8 Å². The smallest absolute Gasteiger partial charge is 0.319 e. The van der Waals surface area contributed by atoms with E-state index >= 15 is 8.78 Å². The van der Waals surface area contributed by atoms with Gasteiger partial charge < -0.3 is 29.9 Å². The summed E-state index contributed by atoms with van der Waals surface area (Å²) in [5, 5.41) is 23.7. The van der Waals surface area contributed by atoms with E-state index < -0.39 is 17.6 Å². The highest BCUT2D eigenvalue weighted by Gasteiger charge is 2.48. The fourth-order valence-electron chi connectivity index (χ4n) is 14.1. The number of hydrogen-bond donors (Lipinski definition) is 3. The number of piperidine rings is 3. The van der Waals surface area contributed by atoms with Gasteiger partial charge in [0.15, 0.2) is 5.82 Å². The molecule has 3 amide bonds. The molecule has 76 heavy (non-hydrogen) atoms. The second-order valence-corrected chi connectivity index (χ2v) is 23.4. The number of terminal acetylenes is 1. The van der Waals surface area contributed by atoms with Gasteiger partial charge in [-0.2, -0.15) is 15.1 Å². The predicted octanol–water partition coefficient (Wildman–Crippen LogP) is 8.00. The monoisotopic (exact) mass is 1030 g/mol. The molecule has 2 saturated carbocycles. The molecule has 0 radical (unpaired) electrons. The number of amides is 3. The van der Waals surface area contributed by atoms with Gasteiger partial charge in [0.05, 0.1) is 34.7 Å². The molecule has 8 heterocycles. The van der Waals surface area contributed by atoms with Crippen molar-refractivity contribution in [1.82, 2.24) is 45.2 Å². The van der Waals surface area contributed by atoms with Crippen LogP contribution in [-0.4, -0.2) is 122 Å². The number of anilines is 1. The van der Waals surface area contributed by atoms with Gasteiger partial charge in [-0.05, 0) is 143 Å². The first-order chi connectivity index (χ1) is 36.8. The van der Waals surface area contributed by atoms with Crippen LogP contribution in [0.1, 0.15) is 119 Å². The van der Waals surface area contributed by atoms with Gasteiger partial charge in [0.2, 0.25) is 17.7 Å². The molecule has 3 unspecified atom stereocenters. The van der Waals surface area contributed by atoms with E-state index in [4.69, 9.17) is 26.2 Å². The van der Waals surface area contributed by atoms with Crippen LogP contribution in [0.2, 0.25) is 0 Å². The van der Waals surface area contributed by atoms with Gasteiger partial charge in [0.25, 0.3) is 0 Å². The van der Waals surface area contributed by atoms with E-state index in [0.717, 1.165) is 126 Å². The molecule has 2 aliphatic carbocycles. The van der Waals surface area contributed by atoms with Gasteiger partial charge in [0.1, 0.15) is 28.6 Å². The lowest BCUT2D eigenvalue weighted by Gasteiger charge is -2.47. The molecule has 1 spiro atoms. The summed E-state index contributed by atoms with van der Waals surface area (Å²) in [6.07, 6.45) is 20.4. The number of phenolic OH excluding ortho intramolecular Hbond substituents is 1. The molecule has 3 aromatic carbocycles. The maximum atomic E-state index is 17.2. The third-order valence-corrected chi connectivity index (χ3v) is 18.7. The van der Waals surface area contributed by atoms with Crippen LogP contribution in [0, 0.1) is 40.7 Å². The zero-order valence-electron chi connectivity index (χ0n) is 43.1. The lowest BCUT2D eigenvalue weighted by Crippen LogP contribution is -2.51. The highest BCUT2D eigenvalue weighted by Crippen LogP contribution is 2.51. The fourth-order valence-corrected chi connectivity index (χ4v) is 14.1. The van der Waals surface area contributed by atoms with Crippen LogP contribution in [0.3, 0.4) is 0 Å². The third kappa shape index (κ3) is 8.88. The molecule has 13 rings (SSSR count). The molecule has 7 fully saturated rings. The van der Waals surface area contributed by atoms with Gasteiger partial charge in [-0.3, -0.25) is 29.4 Å². The van der Waals surface area contributed by atoms with Crippen LogP contribution in [0.15, 0.2) is 48.7 Å². The Morgan fingerprint density at radius 3 is 2.38 bits per heavy atom. The van der Waals surface area contributed by atoms with Crippen molar-refractivity contribution in [2.45, 2.75) is 114 Å². The first-order valence-corrected chi connectivity index (χ1v) is 27.6. The minimum atomic E-state index is -0.729. The van der Waals surface area contributed by atoms with Crippen LogP contribution < -0.4 is 20.3 Å². The van der Waals surface area contributed by atoms with Crippen molar-refractivity contribution in [2.75, 3.05) is 57.3 Å². The van der Waals surface area contributed by atoms with Crippen molar-refractivity contribution in [2.24, 2.45) is 23.8 Å². The van der Waals surface area contributed by atoms with Gasteiger partial charge in [-0.15, -0.1) is 6.42 Å². The molecule has 2 bridgehead atoms. The second-order valence-electron chi connectivity index (χ2n) is 23.4. The van der Waals surface area contributed by atoms with Crippen molar-refractivity contribution in [1.29, 1.82) is 0 Å². The maximum Gasteiger partial charge on any atom is 0.319 e. The van der Waals surface area contributed by atoms with Crippen molar-refractivity contribution >= 4 is 56.1 Å².